The van der Waals surface area contributed by atoms with Gasteiger partial charge in [0.25, 0.3) is 0 Å². The average Bonchev–Trinajstić information content (AvgIpc) is 3.25. The van der Waals surface area contributed by atoms with Gasteiger partial charge in [0.15, 0.2) is 23.6 Å². The zero-order chi connectivity index (χ0) is 20.8. The molecule has 0 amide bonds. The van der Waals surface area contributed by atoms with Gasteiger partial charge in [0.05, 0.1) is 19.3 Å². The Bertz CT molecular complexity index is 879. The van der Waals surface area contributed by atoms with Crippen molar-refractivity contribution in [3.63, 3.8) is 0 Å². The van der Waals surface area contributed by atoms with Crippen LogP contribution in [-0.4, -0.2) is 58.0 Å². The molecule has 2 aliphatic heterocycles. The largest absolute Gasteiger partial charge is 0.495 e. The highest BCUT2D eigenvalue weighted by atomic mass is 127. The average molecular weight is 538 g/mol. The third-order valence-electron chi connectivity index (χ3n) is 5.32. The number of ether oxygens (including phenoxy) is 3. The molecular weight excluding hydrogens is 507 g/mol. The molecule has 1 fully saturated rings. The van der Waals surface area contributed by atoms with Gasteiger partial charge in [-0.1, -0.05) is 24.3 Å². The van der Waals surface area contributed by atoms with Crippen LogP contribution in [0.15, 0.2) is 53.5 Å². The first-order valence-corrected chi connectivity index (χ1v) is 10.6. The molecule has 2 aromatic rings. The molecule has 0 saturated carbocycles. The minimum Gasteiger partial charge on any atom is -0.495 e. The number of anilines is 1. The molecule has 4 rings (SSSR count). The normalized spacial score (nSPS) is 20.1. The second-order valence-corrected chi connectivity index (χ2v) is 7.47. The van der Waals surface area contributed by atoms with Gasteiger partial charge in [-0.2, -0.15) is 0 Å². The van der Waals surface area contributed by atoms with Gasteiger partial charge in [-0.25, -0.2) is 4.99 Å². The van der Waals surface area contributed by atoms with Crippen LogP contribution in [0.2, 0.25) is 0 Å². The van der Waals surface area contributed by atoms with Crippen LogP contribution in [-0.2, 0) is 0 Å². The maximum Gasteiger partial charge on any atom is 0.191 e. The Morgan fingerprint density at radius 1 is 1.16 bits per heavy atom. The van der Waals surface area contributed by atoms with Crippen molar-refractivity contribution in [1.82, 2.24) is 10.6 Å². The lowest BCUT2D eigenvalue weighted by molar-refractivity contribution is 0.0971. The van der Waals surface area contributed by atoms with E-state index in [1.54, 1.807) is 7.11 Å². The molecule has 0 aromatic heterocycles. The number of para-hydroxylation sites is 4. The summed E-state index contributed by atoms with van der Waals surface area (Å²) in [6, 6.07) is 16.2. The zero-order valence-electron chi connectivity index (χ0n) is 18.0. The van der Waals surface area contributed by atoms with Crippen LogP contribution < -0.4 is 29.7 Å². The molecule has 2 aromatic carbocycles. The quantitative estimate of drug-likeness (QED) is 0.335. The summed E-state index contributed by atoms with van der Waals surface area (Å²) in [4.78, 5) is 7.11. The second-order valence-electron chi connectivity index (χ2n) is 7.47. The zero-order valence-corrected chi connectivity index (χ0v) is 20.4. The highest BCUT2D eigenvalue weighted by Crippen LogP contribution is 2.31. The fourth-order valence-corrected chi connectivity index (χ4v) is 3.85. The smallest absolute Gasteiger partial charge is 0.191 e. The van der Waals surface area contributed by atoms with E-state index in [1.807, 2.05) is 36.4 Å². The number of fused-ring (bicyclic) bond motifs is 1. The minimum atomic E-state index is -0.0935. The fraction of sp³-hybridized carbons (Fsp3) is 0.435. The SMILES string of the molecule is CCNC(=NCC1COc2ccccc2O1)NC1CCN(c2ccccc2OC)C1.I. The lowest BCUT2D eigenvalue weighted by atomic mass is 10.2. The van der Waals surface area contributed by atoms with Gasteiger partial charge in [0.1, 0.15) is 12.4 Å². The Hall–Kier alpha value is -2.36. The van der Waals surface area contributed by atoms with Gasteiger partial charge in [-0.15, -0.1) is 24.0 Å². The summed E-state index contributed by atoms with van der Waals surface area (Å²) in [5, 5.41) is 6.92. The van der Waals surface area contributed by atoms with E-state index in [0.29, 0.717) is 19.2 Å². The Morgan fingerprint density at radius 3 is 2.74 bits per heavy atom. The summed E-state index contributed by atoms with van der Waals surface area (Å²) in [5.41, 5.74) is 1.14. The molecule has 0 spiro atoms. The van der Waals surface area contributed by atoms with Crippen LogP contribution in [0.1, 0.15) is 13.3 Å². The molecule has 168 valence electrons. The standard InChI is InChI=1S/C23H30N4O3.HI/c1-3-24-23(25-14-18-16-29-21-10-6-7-11-22(21)30-18)26-17-12-13-27(15-17)19-8-4-5-9-20(19)28-2;/h4-11,17-18H,3,12-16H2,1-2H3,(H2,24,25,26);1H. The van der Waals surface area contributed by atoms with E-state index in [9.17, 15) is 0 Å². The number of rotatable bonds is 6. The third-order valence-corrected chi connectivity index (χ3v) is 5.32. The molecule has 7 nitrogen and oxygen atoms in total. The Labute approximate surface area is 201 Å². The predicted molar refractivity (Wildman–Crippen MR) is 134 cm³/mol. The highest BCUT2D eigenvalue weighted by Gasteiger charge is 2.26. The Balaban J connectivity index is 0.00000272. The van der Waals surface area contributed by atoms with Crippen LogP contribution in [0.3, 0.4) is 0 Å². The monoisotopic (exact) mass is 538 g/mol. The van der Waals surface area contributed by atoms with Crippen LogP contribution in [0.5, 0.6) is 17.2 Å². The number of nitrogens with one attached hydrogen (secondary N) is 2. The van der Waals surface area contributed by atoms with Crippen molar-refractivity contribution in [3.05, 3.63) is 48.5 Å². The molecule has 2 aliphatic rings. The van der Waals surface area contributed by atoms with Crippen molar-refractivity contribution in [3.8, 4) is 17.2 Å². The molecule has 8 heteroatoms. The fourth-order valence-electron chi connectivity index (χ4n) is 3.85. The summed E-state index contributed by atoms with van der Waals surface area (Å²) in [6.45, 7) is 5.80. The van der Waals surface area contributed by atoms with Gasteiger partial charge in [0.2, 0.25) is 0 Å². The highest BCUT2D eigenvalue weighted by molar-refractivity contribution is 14.0. The summed E-state index contributed by atoms with van der Waals surface area (Å²) in [5.74, 6) is 3.30. The molecule has 2 N–H and O–H groups in total. The maximum atomic E-state index is 6.02. The number of methoxy groups -OCH3 is 1. The number of halogens is 1. The first kappa shape index (κ1) is 23.3. The van der Waals surface area contributed by atoms with Gasteiger partial charge in [0, 0.05) is 25.7 Å². The van der Waals surface area contributed by atoms with Crippen molar-refractivity contribution in [1.29, 1.82) is 0 Å². The lowest BCUT2D eigenvalue weighted by Crippen LogP contribution is -2.45. The summed E-state index contributed by atoms with van der Waals surface area (Å²) in [6.07, 6.45) is 0.947. The first-order valence-electron chi connectivity index (χ1n) is 10.6. The van der Waals surface area contributed by atoms with E-state index in [0.717, 1.165) is 55.0 Å². The third kappa shape index (κ3) is 5.87. The molecular formula is C23H31IN4O3. The lowest BCUT2D eigenvalue weighted by Gasteiger charge is -2.26. The molecule has 2 unspecified atom stereocenters. The van der Waals surface area contributed by atoms with Gasteiger partial charge in [-0.3, -0.25) is 0 Å². The number of guanidine groups is 1. The molecule has 0 bridgehead atoms. The number of hydrogen-bond acceptors (Lipinski definition) is 5. The van der Waals surface area contributed by atoms with Gasteiger partial charge in [-0.05, 0) is 37.6 Å². The van der Waals surface area contributed by atoms with Crippen molar-refractivity contribution < 1.29 is 14.2 Å². The van der Waals surface area contributed by atoms with Crippen molar-refractivity contribution >= 4 is 35.6 Å². The van der Waals surface area contributed by atoms with Crippen molar-refractivity contribution in [2.75, 3.05) is 44.8 Å². The summed E-state index contributed by atoms with van der Waals surface area (Å²) < 4.78 is 17.3. The van der Waals surface area contributed by atoms with Crippen molar-refractivity contribution in [2.45, 2.75) is 25.5 Å². The number of aliphatic imine (C=N–C) groups is 1. The van der Waals surface area contributed by atoms with Gasteiger partial charge >= 0.3 is 0 Å². The van der Waals surface area contributed by atoms with E-state index >= 15 is 0 Å². The number of benzene rings is 2. The Kier molecular flexibility index (Phi) is 8.51. The predicted octanol–water partition coefficient (Wildman–Crippen LogP) is 3.29. The molecule has 31 heavy (non-hydrogen) atoms. The number of hydrogen-bond donors (Lipinski definition) is 2. The van der Waals surface area contributed by atoms with Crippen LogP contribution in [0.4, 0.5) is 5.69 Å². The number of nitrogens with zero attached hydrogens (tertiary/aromatic N) is 2. The van der Waals surface area contributed by atoms with E-state index in [4.69, 9.17) is 19.2 Å². The molecule has 1 saturated heterocycles. The van der Waals surface area contributed by atoms with E-state index < -0.39 is 0 Å². The van der Waals surface area contributed by atoms with E-state index in [1.165, 1.54) is 0 Å². The van der Waals surface area contributed by atoms with Crippen LogP contribution >= 0.6 is 24.0 Å². The Morgan fingerprint density at radius 2 is 1.94 bits per heavy atom. The first-order chi connectivity index (χ1) is 14.8. The van der Waals surface area contributed by atoms with E-state index in [2.05, 4.69) is 34.6 Å². The molecule has 0 radical (unpaired) electrons. The van der Waals surface area contributed by atoms with Gasteiger partial charge < -0.3 is 29.7 Å². The summed E-state index contributed by atoms with van der Waals surface area (Å²) in [7, 11) is 1.72. The van der Waals surface area contributed by atoms with Crippen molar-refractivity contribution in [2.24, 2.45) is 4.99 Å². The van der Waals surface area contributed by atoms with E-state index in [-0.39, 0.29) is 30.1 Å². The van der Waals surface area contributed by atoms with Crippen LogP contribution in [0, 0.1) is 0 Å². The molecule has 0 aliphatic carbocycles. The molecule has 2 atom stereocenters. The molecule has 2 heterocycles. The minimum absolute atomic E-state index is 0. The topological polar surface area (TPSA) is 67.4 Å². The van der Waals surface area contributed by atoms with Crippen LogP contribution in [0.25, 0.3) is 0 Å². The summed E-state index contributed by atoms with van der Waals surface area (Å²) >= 11 is 0. The maximum absolute atomic E-state index is 6.02. The second kappa shape index (κ2) is 11.3.